The van der Waals surface area contributed by atoms with Gasteiger partial charge in [0.1, 0.15) is 11.9 Å². The van der Waals surface area contributed by atoms with E-state index in [-0.39, 0.29) is 30.4 Å². The number of halogens is 1. The highest BCUT2D eigenvalue weighted by atomic mass is 32.2. The molecule has 0 unspecified atom stereocenters. The standard InChI is InChI=1S/C26H28FN3O4S/c1-18(31)28-25(17-21-8-4-5-9-24(21)27)26(32)29-22-12-14-30(15-13-22)35(33,34)23-11-10-19-6-2-3-7-20(19)16-23/h2-11,16,22,25H,12-15,17H2,1H3,(H,28,31)(H,29,32)/t25-/m0/s1. The maximum absolute atomic E-state index is 14.1. The Morgan fingerprint density at radius 1 is 1.00 bits per heavy atom. The summed E-state index contributed by atoms with van der Waals surface area (Å²) in [5.74, 6) is -1.25. The van der Waals surface area contributed by atoms with Crippen molar-refractivity contribution in [1.29, 1.82) is 0 Å². The molecule has 0 radical (unpaired) electrons. The molecule has 4 rings (SSSR count). The van der Waals surface area contributed by atoms with Crippen LogP contribution >= 0.6 is 0 Å². The van der Waals surface area contributed by atoms with Gasteiger partial charge in [0, 0.05) is 32.5 Å². The van der Waals surface area contributed by atoms with Crippen LogP contribution in [0.2, 0.25) is 0 Å². The highest BCUT2D eigenvalue weighted by Gasteiger charge is 2.31. The van der Waals surface area contributed by atoms with Crippen molar-refractivity contribution in [2.75, 3.05) is 13.1 Å². The van der Waals surface area contributed by atoms with Gasteiger partial charge in [-0.1, -0.05) is 48.5 Å². The fraction of sp³-hybridized carbons (Fsp3) is 0.308. The number of nitrogens with one attached hydrogen (secondary N) is 2. The lowest BCUT2D eigenvalue weighted by Crippen LogP contribution is -2.53. The van der Waals surface area contributed by atoms with Gasteiger partial charge in [-0.05, 0) is 47.4 Å². The first-order valence-electron chi connectivity index (χ1n) is 11.5. The molecule has 0 bridgehead atoms. The second-order valence-electron chi connectivity index (χ2n) is 8.74. The van der Waals surface area contributed by atoms with Gasteiger partial charge in [0.15, 0.2) is 0 Å². The lowest BCUT2D eigenvalue weighted by Gasteiger charge is -2.32. The maximum atomic E-state index is 14.1. The largest absolute Gasteiger partial charge is 0.351 e. The SMILES string of the molecule is CC(=O)N[C@@H](Cc1ccccc1F)C(=O)NC1CCN(S(=O)(=O)c2ccc3ccccc3c2)CC1. The molecule has 9 heteroatoms. The third-order valence-electron chi connectivity index (χ3n) is 6.23. The molecule has 1 aliphatic rings. The fourth-order valence-corrected chi connectivity index (χ4v) is 5.86. The number of piperidine rings is 1. The highest BCUT2D eigenvalue weighted by molar-refractivity contribution is 7.89. The van der Waals surface area contributed by atoms with Crippen molar-refractivity contribution >= 4 is 32.6 Å². The molecule has 3 aromatic carbocycles. The zero-order valence-electron chi connectivity index (χ0n) is 19.4. The number of benzene rings is 3. The number of carbonyl (C=O) groups excluding carboxylic acids is 2. The van der Waals surface area contributed by atoms with Crippen LogP contribution in [0.15, 0.2) is 71.6 Å². The van der Waals surface area contributed by atoms with E-state index in [1.165, 1.54) is 17.3 Å². The predicted molar refractivity (Wildman–Crippen MR) is 132 cm³/mol. The van der Waals surface area contributed by atoms with Crippen LogP contribution in [0.4, 0.5) is 4.39 Å². The smallest absolute Gasteiger partial charge is 0.243 e. The normalized spacial score (nSPS) is 16.1. The molecule has 2 N–H and O–H groups in total. The van der Waals surface area contributed by atoms with Crippen molar-refractivity contribution < 1.29 is 22.4 Å². The molecule has 2 amide bonds. The van der Waals surface area contributed by atoms with E-state index in [0.29, 0.717) is 18.4 Å². The zero-order chi connectivity index (χ0) is 25.0. The molecule has 1 atom stereocenters. The van der Waals surface area contributed by atoms with Crippen LogP contribution in [-0.4, -0.2) is 49.7 Å². The summed E-state index contributed by atoms with van der Waals surface area (Å²) in [7, 11) is -3.66. The summed E-state index contributed by atoms with van der Waals surface area (Å²) < 4.78 is 41.9. The van der Waals surface area contributed by atoms with E-state index in [4.69, 9.17) is 0 Å². The van der Waals surface area contributed by atoms with Crippen molar-refractivity contribution in [2.45, 2.75) is 43.2 Å². The Labute approximate surface area is 204 Å². The second-order valence-corrected chi connectivity index (χ2v) is 10.7. The minimum atomic E-state index is -3.66. The molecule has 35 heavy (non-hydrogen) atoms. The van der Waals surface area contributed by atoms with Gasteiger partial charge in [-0.3, -0.25) is 9.59 Å². The van der Waals surface area contributed by atoms with Gasteiger partial charge in [0.2, 0.25) is 21.8 Å². The van der Waals surface area contributed by atoms with E-state index in [9.17, 15) is 22.4 Å². The van der Waals surface area contributed by atoms with Crippen LogP contribution in [-0.2, 0) is 26.0 Å². The van der Waals surface area contributed by atoms with E-state index < -0.39 is 33.7 Å². The van der Waals surface area contributed by atoms with Crippen molar-refractivity contribution in [3.63, 3.8) is 0 Å². The lowest BCUT2D eigenvalue weighted by molar-refractivity contribution is -0.128. The number of hydrogen-bond donors (Lipinski definition) is 2. The number of fused-ring (bicyclic) bond motifs is 1. The van der Waals surface area contributed by atoms with Gasteiger partial charge in [-0.2, -0.15) is 4.31 Å². The van der Waals surface area contributed by atoms with Crippen LogP contribution in [0.25, 0.3) is 10.8 Å². The molecule has 1 heterocycles. The monoisotopic (exact) mass is 497 g/mol. The third-order valence-corrected chi connectivity index (χ3v) is 8.13. The molecule has 184 valence electrons. The zero-order valence-corrected chi connectivity index (χ0v) is 20.2. The van der Waals surface area contributed by atoms with E-state index >= 15 is 0 Å². The van der Waals surface area contributed by atoms with Gasteiger partial charge < -0.3 is 10.6 Å². The molecule has 1 aliphatic heterocycles. The van der Waals surface area contributed by atoms with Crippen molar-refractivity contribution in [1.82, 2.24) is 14.9 Å². The molecule has 0 saturated carbocycles. The van der Waals surface area contributed by atoms with Crippen molar-refractivity contribution in [3.05, 3.63) is 78.1 Å². The Balaban J connectivity index is 1.39. The summed E-state index contributed by atoms with van der Waals surface area (Å²) in [4.78, 5) is 24.8. The Morgan fingerprint density at radius 3 is 2.34 bits per heavy atom. The molecule has 3 aromatic rings. The topological polar surface area (TPSA) is 95.6 Å². The quantitative estimate of drug-likeness (QED) is 0.525. The Morgan fingerprint density at radius 2 is 1.66 bits per heavy atom. The van der Waals surface area contributed by atoms with Gasteiger partial charge in [0.25, 0.3) is 0 Å². The summed E-state index contributed by atoms with van der Waals surface area (Å²) in [5, 5.41) is 7.32. The Bertz CT molecular complexity index is 1340. The number of amides is 2. The van der Waals surface area contributed by atoms with Crippen molar-refractivity contribution in [2.24, 2.45) is 0 Å². The minimum absolute atomic E-state index is 0.0211. The summed E-state index contributed by atoms with van der Waals surface area (Å²) in [6, 6.07) is 17.6. The molecule has 7 nitrogen and oxygen atoms in total. The Kier molecular flexibility index (Phi) is 7.47. The second kappa shape index (κ2) is 10.5. The van der Waals surface area contributed by atoms with Gasteiger partial charge >= 0.3 is 0 Å². The summed E-state index contributed by atoms with van der Waals surface area (Å²) in [5.41, 5.74) is 0.331. The number of carbonyl (C=O) groups is 2. The van der Waals surface area contributed by atoms with E-state index in [1.54, 1.807) is 36.4 Å². The van der Waals surface area contributed by atoms with Crippen LogP contribution in [0.1, 0.15) is 25.3 Å². The first-order valence-corrected chi connectivity index (χ1v) is 13.0. The molecule has 0 aliphatic carbocycles. The molecular weight excluding hydrogens is 469 g/mol. The van der Waals surface area contributed by atoms with E-state index in [1.807, 2.05) is 24.3 Å². The average Bonchev–Trinajstić information content (AvgIpc) is 2.84. The van der Waals surface area contributed by atoms with E-state index in [0.717, 1.165) is 10.8 Å². The number of rotatable bonds is 7. The van der Waals surface area contributed by atoms with Gasteiger partial charge in [-0.25, -0.2) is 12.8 Å². The molecule has 1 saturated heterocycles. The van der Waals surface area contributed by atoms with Gasteiger partial charge in [-0.15, -0.1) is 0 Å². The van der Waals surface area contributed by atoms with Crippen LogP contribution < -0.4 is 10.6 Å². The van der Waals surface area contributed by atoms with E-state index in [2.05, 4.69) is 10.6 Å². The predicted octanol–water partition coefficient (Wildman–Crippen LogP) is 3.00. The average molecular weight is 498 g/mol. The summed E-state index contributed by atoms with van der Waals surface area (Å²) in [6.07, 6.45) is 0.892. The summed E-state index contributed by atoms with van der Waals surface area (Å²) >= 11 is 0. The summed E-state index contributed by atoms with van der Waals surface area (Å²) in [6.45, 7) is 1.83. The highest BCUT2D eigenvalue weighted by Crippen LogP contribution is 2.24. The number of nitrogens with zero attached hydrogens (tertiary/aromatic N) is 1. The minimum Gasteiger partial charge on any atom is -0.351 e. The maximum Gasteiger partial charge on any atom is 0.243 e. The van der Waals surface area contributed by atoms with Crippen LogP contribution in [0.5, 0.6) is 0 Å². The first-order chi connectivity index (χ1) is 16.7. The molecule has 0 spiro atoms. The van der Waals surface area contributed by atoms with Crippen LogP contribution in [0, 0.1) is 5.82 Å². The Hall–Kier alpha value is -3.30. The molecular formula is C26H28FN3O4S. The van der Waals surface area contributed by atoms with Crippen molar-refractivity contribution in [3.8, 4) is 0 Å². The molecule has 0 aromatic heterocycles. The fourth-order valence-electron chi connectivity index (χ4n) is 4.36. The van der Waals surface area contributed by atoms with Gasteiger partial charge in [0.05, 0.1) is 4.90 Å². The number of sulfonamides is 1. The third kappa shape index (κ3) is 5.86. The van der Waals surface area contributed by atoms with Crippen LogP contribution in [0.3, 0.4) is 0 Å². The first kappa shape index (κ1) is 24.8. The molecule has 1 fully saturated rings. The number of hydrogen-bond acceptors (Lipinski definition) is 4. The lowest BCUT2D eigenvalue weighted by atomic mass is 10.0.